The van der Waals surface area contributed by atoms with Crippen LogP contribution in [0.2, 0.25) is 0 Å². The lowest BCUT2D eigenvalue weighted by atomic mass is 10.2. The smallest absolute Gasteiger partial charge is 0.138 e. The molecular weight excluding hydrogens is 226 g/mol. The minimum atomic E-state index is 0.892. The number of thiocyanates is 1. The quantitative estimate of drug-likeness (QED) is 0.428. The van der Waals surface area contributed by atoms with Crippen molar-refractivity contribution in [1.29, 1.82) is 5.26 Å². The summed E-state index contributed by atoms with van der Waals surface area (Å²) in [6.45, 7) is 0. The van der Waals surface area contributed by atoms with E-state index in [9.17, 15) is 0 Å². The molecule has 0 aromatic heterocycles. The number of hydrogen-bond acceptors (Lipinski definition) is 2. The summed E-state index contributed by atoms with van der Waals surface area (Å²) in [6.07, 6.45) is 0. The first-order valence-electron chi connectivity index (χ1n) is 5.12. The molecule has 80 valence electrons. The molecule has 2 aromatic rings. The molecule has 17 heavy (non-hydrogen) atoms. The highest BCUT2D eigenvalue weighted by Gasteiger charge is 1.98. The molecule has 0 bridgehead atoms. The summed E-state index contributed by atoms with van der Waals surface area (Å²) < 4.78 is 0. The Morgan fingerprint density at radius 2 is 1.53 bits per heavy atom. The van der Waals surface area contributed by atoms with Gasteiger partial charge in [0.15, 0.2) is 0 Å². The van der Waals surface area contributed by atoms with Crippen LogP contribution in [-0.4, -0.2) is 0 Å². The lowest BCUT2D eigenvalue weighted by Gasteiger charge is -1.96. The van der Waals surface area contributed by atoms with E-state index >= 15 is 0 Å². The second-order valence-corrected chi connectivity index (χ2v) is 4.13. The second kappa shape index (κ2) is 5.80. The Kier molecular flexibility index (Phi) is 3.86. The van der Waals surface area contributed by atoms with Crippen molar-refractivity contribution in [3.8, 4) is 17.2 Å². The van der Waals surface area contributed by atoms with Crippen LogP contribution < -0.4 is 0 Å². The van der Waals surface area contributed by atoms with E-state index in [0.29, 0.717) is 0 Å². The average Bonchev–Trinajstić information content (AvgIpc) is 2.39. The summed E-state index contributed by atoms with van der Waals surface area (Å²) in [6, 6.07) is 17.5. The first-order chi connectivity index (χ1) is 8.40. The molecule has 2 aromatic carbocycles. The molecule has 1 nitrogen and oxygen atoms in total. The van der Waals surface area contributed by atoms with Gasteiger partial charge in [-0.1, -0.05) is 42.2 Å². The minimum Gasteiger partial charge on any atom is -0.185 e. The van der Waals surface area contributed by atoms with Crippen molar-refractivity contribution in [2.75, 3.05) is 0 Å². The van der Waals surface area contributed by atoms with Crippen LogP contribution in [0.5, 0.6) is 0 Å². The molecule has 0 unspecified atom stereocenters. The molecule has 0 radical (unpaired) electrons. The molecule has 2 heteroatoms. The van der Waals surface area contributed by atoms with Gasteiger partial charge in [-0.2, -0.15) is 5.26 Å². The van der Waals surface area contributed by atoms with Crippen molar-refractivity contribution in [1.82, 2.24) is 0 Å². The zero-order valence-corrected chi connectivity index (χ0v) is 9.87. The van der Waals surface area contributed by atoms with Gasteiger partial charge in [-0.3, -0.25) is 0 Å². The number of nitriles is 1. The molecule has 0 N–H and O–H groups in total. The number of benzene rings is 2. The predicted molar refractivity (Wildman–Crippen MR) is 70.3 cm³/mol. The van der Waals surface area contributed by atoms with Crippen LogP contribution in [0, 0.1) is 22.5 Å². The molecule has 0 saturated carbocycles. The van der Waals surface area contributed by atoms with Gasteiger partial charge in [0.1, 0.15) is 5.40 Å². The van der Waals surface area contributed by atoms with Crippen LogP contribution in [-0.2, 0) is 0 Å². The normalized spacial score (nSPS) is 8.88. The van der Waals surface area contributed by atoms with Gasteiger partial charge >= 0.3 is 0 Å². The second-order valence-electron chi connectivity index (χ2n) is 3.31. The Labute approximate surface area is 105 Å². The molecule has 0 saturated heterocycles. The van der Waals surface area contributed by atoms with Gasteiger partial charge < -0.3 is 0 Å². The van der Waals surface area contributed by atoms with E-state index in [-0.39, 0.29) is 0 Å². The van der Waals surface area contributed by atoms with Gasteiger partial charge in [-0.25, -0.2) is 0 Å². The van der Waals surface area contributed by atoms with Crippen molar-refractivity contribution in [2.45, 2.75) is 4.90 Å². The summed E-state index contributed by atoms with van der Waals surface area (Å²) in [4.78, 5) is 0.901. The van der Waals surface area contributed by atoms with Crippen LogP contribution in [0.15, 0.2) is 59.5 Å². The van der Waals surface area contributed by atoms with E-state index in [1.807, 2.05) is 54.6 Å². The third-order valence-electron chi connectivity index (χ3n) is 2.16. The fourth-order valence-electron chi connectivity index (χ4n) is 1.37. The number of rotatable bonds is 1. The van der Waals surface area contributed by atoms with E-state index in [1.54, 1.807) is 0 Å². The lowest BCUT2D eigenvalue weighted by Crippen LogP contribution is -1.79. The Balaban J connectivity index is 2.31. The lowest BCUT2D eigenvalue weighted by molar-refractivity contribution is 1.42. The fourth-order valence-corrected chi connectivity index (χ4v) is 1.84. The highest BCUT2D eigenvalue weighted by molar-refractivity contribution is 8.03. The van der Waals surface area contributed by atoms with Crippen molar-refractivity contribution in [3.63, 3.8) is 0 Å². The maximum absolute atomic E-state index is 8.69. The summed E-state index contributed by atoms with van der Waals surface area (Å²) >= 11 is 1.14. The summed E-state index contributed by atoms with van der Waals surface area (Å²) in [5.74, 6) is 6.18. The number of hydrogen-bond donors (Lipinski definition) is 0. The zero-order valence-electron chi connectivity index (χ0n) is 9.05. The summed E-state index contributed by atoms with van der Waals surface area (Å²) in [5.41, 5.74) is 1.87. The first-order valence-corrected chi connectivity index (χ1v) is 5.94. The van der Waals surface area contributed by atoms with Gasteiger partial charge in [-0.05, 0) is 36.0 Å². The summed E-state index contributed by atoms with van der Waals surface area (Å²) in [5, 5.41) is 10.8. The van der Waals surface area contributed by atoms with Gasteiger partial charge in [0, 0.05) is 16.0 Å². The molecule has 0 heterocycles. The minimum absolute atomic E-state index is 0.892. The van der Waals surface area contributed by atoms with E-state index in [2.05, 4.69) is 17.2 Å². The maximum atomic E-state index is 8.69. The van der Waals surface area contributed by atoms with Gasteiger partial charge in [0.05, 0.1) is 0 Å². The topological polar surface area (TPSA) is 23.8 Å². The van der Waals surface area contributed by atoms with E-state index in [0.717, 1.165) is 27.8 Å². The van der Waals surface area contributed by atoms with Gasteiger partial charge in [-0.15, -0.1) is 0 Å². The van der Waals surface area contributed by atoms with Crippen molar-refractivity contribution in [2.24, 2.45) is 0 Å². The van der Waals surface area contributed by atoms with Crippen molar-refractivity contribution < 1.29 is 0 Å². The maximum Gasteiger partial charge on any atom is 0.138 e. The van der Waals surface area contributed by atoms with E-state index in [1.165, 1.54) is 0 Å². The molecule has 0 aliphatic heterocycles. The molecule has 0 amide bonds. The predicted octanol–water partition coefficient (Wildman–Crippen LogP) is 3.66. The van der Waals surface area contributed by atoms with Crippen molar-refractivity contribution >= 4 is 11.8 Å². The van der Waals surface area contributed by atoms with Crippen molar-refractivity contribution in [3.05, 3.63) is 65.7 Å². The Morgan fingerprint density at radius 3 is 2.29 bits per heavy atom. The highest BCUT2D eigenvalue weighted by Crippen LogP contribution is 2.20. The Morgan fingerprint density at radius 1 is 0.824 bits per heavy atom. The van der Waals surface area contributed by atoms with Crippen LogP contribution >= 0.6 is 11.8 Å². The molecule has 0 fully saturated rings. The molecule has 0 spiro atoms. The van der Waals surface area contributed by atoms with Gasteiger partial charge in [0.2, 0.25) is 0 Å². The monoisotopic (exact) mass is 235 g/mol. The van der Waals surface area contributed by atoms with Crippen LogP contribution in [0.25, 0.3) is 0 Å². The zero-order chi connectivity index (χ0) is 11.9. The van der Waals surface area contributed by atoms with E-state index < -0.39 is 0 Å². The average molecular weight is 235 g/mol. The molecule has 2 rings (SSSR count). The molecule has 0 aliphatic rings. The molecular formula is C15H9NS. The summed E-state index contributed by atoms with van der Waals surface area (Å²) in [7, 11) is 0. The Hall–Kier alpha value is -2.16. The van der Waals surface area contributed by atoms with Crippen LogP contribution in [0.3, 0.4) is 0 Å². The largest absolute Gasteiger partial charge is 0.185 e. The first kappa shape index (κ1) is 11.3. The standard InChI is InChI=1S/C15H9NS/c16-12-17-15-9-5-4-8-14(15)11-10-13-6-2-1-3-7-13/h1-9H. The highest BCUT2D eigenvalue weighted by atomic mass is 32.2. The molecule has 0 aliphatic carbocycles. The third-order valence-corrected chi connectivity index (χ3v) is 2.83. The Bertz CT molecular complexity index is 600. The van der Waals surface area contributed by atoms with E-state index in [4.69, 9.17) is 5.26 Å². The van der Waals surface area contributed by atoms with Crippen LogP contribution in [0.4, 0.5) is 0 Å². The van der Waals surface area contributed by atoms with Crippen LogP contribution in [0.1, 0.15) is 11.1 Å². The third kappa shape index (κ3) is 3.14. The van der Waals surface area contributed by atoms with Gasteiger partial charge in [0.25, 0.3) is 0 Å². The fraction of sp³-hybridized carbons (Fsp3) is 0. The number of nitrogens with zero attached hydrogens (tertiary/aromatic N) is 1. The SMILES string of the molecule is N#CSc1ccccc1C#Cc1ccccc1. The molecule has 0 atom stereocenters. The number of thioether (sulfide) groups is 1.